The monoisotopic (exact) mass is 348 g/mol. The highest BCUT2D eigenvalue weighted by molar-refractivity contribution is 7.90. The van der Waals surface area contributed by atoms with Crippen molar-refractivity contribution in [3.63, 3.8) is 0 Å². The second-order valence-corrected chi connectivity index (χ2v) is 7.80. The van der Waals surface area contributed by atoms with Crippen LogP contribution in [0.2, 0.25) is 0 Å². The largest absolute Gasteiger partial charge is 0.357 e. The van der Waals surface area contributed by atoms with Crippen LogP contribution < -0.4 is 10.6 Å². The number of aliphatic imine (C=N–C) groups is 1. The van der Waals surface area contributed by atoms with Crippen molar-refractivity contribution in [1.29, 1.82) is 0 Å². The van der Waals surface area contributed by atoms with E-state index in [0.29, 0.717) is 45.0 Å². The normalized spacial score (nSPS) is 13.5. The van der Waals surface area contributed by atoms with Crippen LogP contribution in [0.3, 0.4) is 0 Å². The van der Waals surface area contributed by atoms with Gasteiger partial charge in [0.1, 0.15) is 9.84 Å². The molecule has 0 aliphatic heterocycles. The lowest BCUT2D eigenvalue weighted by atomic mass is 10.3. The molecule has 0 aliphatic rings. The lowest BCUT2D eigenvalue weighted by Crippen LogP contribution is -2.43. The number of hydrogen-bond donors (Lipinski definition) is 2. The number of hydrogen-bond acceptors (Lipinski definition) is 4. The average Bonchev–Trinajstić information content (AvgIpc) is 2.46. The Kier molecular flexibility index (Phi) is 10.6. The Bertz CT molecular complexity index is 473. The van der Waals surface area contributed by atoms with Crippen LogP contribution in [0.4, 0.5) is 0 Å². The molecule has 1 amide bonds. The van der Waals surface area contributed by atoms with E-state index >= 15 is 0 Å². The third kappa shape index (κ3) is 11.0. The zero-order valence-corrected chi connectivity index (χ0v) is 15.9. The van der Waals surface area contributed by atoms with Gasteiger partial charge in [0.15, 0.2) is 5.96 Å². The van der Waals surface area contributed by atoms with Crippen molar-refractivity contribution < 1.29 is 13.2 Å². The Balaban J connectivity index is 4.45. The second kappa shape index (κ2) is 11.3. The molecule has 0 heterocycles. The summed E-state index contributed by atoms with van der Waals surface area (Å²) in [5, 5.41) is 6.28. The summed E-state index contributed by atoms with van der Waals surface area (Å²) in [7, 11) is -2.96. The number of nitrogens with one attached hydrogen (secondary N) is 2. The first-order valence-corrected chi connectivity index (χ1v) is 10.3. The minimum absolute atomic E-state index is 0.0130. The number of carbonyl (C=O) groups excluding carboxylic acids is 1. The molecule has 0 aromatic carbocycles. The van der Waals surface area contributed by atoms with Gasteiger partial charge in [0, 0.05) is 38.4 Å². The van der Waals surface area contributed by atoms with E-state index in [4.69, 9.17) is 0 Å². The average molecular weight is 349 g/mol. The van der Waals surface area contributed by atoms with Gasteiger partial charge in [-0.3, -0.25) is 9.79 Å². The van der Waals surface area contributed by atoms with Crippen LogP contribution in [0.1, 0.15) is 40.5 Å². The van der Waals surface area contributed by atoms with Crippen molar-refractivity contribution in [1.82, 2.24) is 15.5 Å². The minimum Gasteiger partial charge on any atom is -0.357 e. The zero-order chi connectivity index (χ0) is 17.9. The maximum atomic E-state index is 11.9. The van der Waals surface area contributed by atoms with Gasteiger partial charge >= 0.3 is 0 Å². The molecule has 0 aromatic rings. The Morgan fingerprint density at radius 2 is 1.83 bits per heavy atom. The molecule has 0 radical (unpaired) electrons. The second-order valence-electron chi connectivity index (χ2n) is 5.54. The number of guanidine groups is 1. The highest BCUT2D eigenvalue weighted by atomic mass is 32.2. The Morgan fingerprint density at radius 1 is 1.22 bits per heavy atom. The van der Waals surface area contributed by atoms with Gasteiger partial charge in [0.2, 0.25) is 5.91 Å². The lowest BCUT2D eigenvalue weighted by molar-refractivity contribution is -0.130. The van der Waals surface area contributed by atoms with E-state index in [1.807, 2.05) is 27.7 Å². The summed E-state index contributed by atoms with van der Waals surface area (Å²) < 4.78 is 22.4. The Hall–Kier alpha value is -1.31. The fourth-order valence-corrected chi connectivity index (χ4v) is 2.80. The third-order valence-electron chi connectivity index (χ3n) is 3.36. The van der Waals surface area contributed by atoms with Crippen molar-refractivity contribution in [2.24, 2.45) is 4.99 Å². The summed E-state index contributed by atoms with van der Waals surface area (Å²) >= 11 is 0. The van der Waals surface area contributed by atoms with Crippen LogP contribution in [-0.2, 0) is 14.6 Å². The maximum Gasteiger partial charge on any atom is 0.224 e. The predicted octanol–water partition coefficient (Wildman–Crippen LogP) is 0.623. The predicted molar refractivity (Wildman–Crippen MR) is 95.4 cm³/mol. The molecule has 0 saturated carbocycles. The molecule has 0 saturated heterocycles. The lowest BCUT2D eigenvalue weighted by Gasteiger charge is -2.19. The van der Waals surface area contributed by atoms with Gasteiger partial charge in [-0.05, 0) is 34.1 Å². The summed E-state index contributed by atoms with van der Waals surface area (Å²) in [6, 6.07) is -0.0130. The highest BCUT2D eigenvalue weighted by Gasteiger charge is 2.11. The quantitative estimate of drug-likeness (QED) is 0.446. The van der Waals surface area contributed by atoms with Crippen LogP contribution in [0.5, 0.6) is 0 Å². The molecular weight excluding hydrogens is 316 g/mol. The summed E-state index contributed by atoms with van der Waals surface area (Å²) in [5.41, 5.74) is 0. The number of amides is 1. The number of sulfone groups is 1. The van der Waals surface area contributed by atoms with E-state index in [-0.39, 0.29) is 17.7 Å². The first kappa shape index (κ1) is 21.7. The number of rotatable bonds is 10. The van der Waals surface area contributed by atoms with Gasteiger partial charge in [-0.1, -0.05) is 0 Å². The fourth-order valence-electron chi connectivity index (χ4n) is 2.01. The van der Waals surface area contributed by atoms with Crippen molar-refractivity contribution in [2.45, 2.75) is 46.6 Å². The smallest absolute Gasteiger partial charge is 0.224 e. The molecule has 1 unspecified atom stereocenters. The summed E-state index contributed by atoms with van der Waals surface area (Å²) in [6.45, 7) is 10.3. The summed E-state index contributed by atoms with van der Waals surface area (Å²) in [4.78, 5) is 18.1. The van der Waals surface area contributed by atoms with E-state index in [2.05, 4.69) is 15.6 Å². The molecule has 0 fully saturated rings. The van der Waals surface area contributed by atoms with Crippen LogP contribution in [0, 0.1) is 0 Å². The van der Waals surface area contributed by atoms with Crippen molar-refractivity contribution in [2.75, 3.05) is 38.2 Å². The van der Waals surface area contributed by atoms with E-state index in [0.717, 1.165) is 0 Å². The van der Waals surface area contributed by atoms with E-state index in [1.54, 1.807) is 4.90 Å². The van der Waals surface area contributed by atoms with E-state index < -0.39 is 9.84 Å². The molecule has 2 N–H and O–H groups in total. The molecule has 136 valence electrons. The van der Waals surface area contributed by atoms with Gasteiger partial charge in [-0.15, -0.1) is 0 Å². The first-order valence-electron chi connectivity index (χ1n) is 8.23. The van der Waals surface area contributed by atoms with Gasteiger partial charge in [0.05, 0.1) is 12.3 Å². The zero-order valence-electron chi connectivity index (χ0n) is 15.1. The van der Waals surface area contributed by atoms with Crippen molar-refractivity contribution in [3.05, 3.63) is 0 Å². The molecule has 0 bridgehead atoms. The molecule has 0 spiro atoms. The van der Waals surface area contributed by atoms with Gasteiger partial charge in [0.25, 0.3) is 0 Å². The molecule has 1 atom stereocenters. The molecule has 0 aliphatic carbocycles. The van der Waals surface area contributed by atoms with Gasteiger partial charge < -0.3 is 15.5 Å². The number of nitrogens with zero attached hydrogens (tertiary/aromatic N) is 2. The van der Waals surface area contributed by atoms with Crippen LogP contribution >= 0.6 is 0 Å². The summed E-state index contributed by atoms with van der Waals surface area (Å²) in [5.74, 6) is 0.849. The van der Waals surface area contributed by atoms with Crippen LogP contribution in [0.15, 0.2) is 4.99 Å². The Labute approximate surface area is 140 Å². The molecule has 23 heavy (non-hydrogen) atoms. The molecule has 0 aromatic heterocycles. The molecule has 8 heteroatoms. The summed E-state index contributed by atoms with van der Waals surface area (Å²) in [6.07, 6.45) is 2.12. The van der Waals surface area contributed by atoms with E-state index in [1.165, 1.54) is 6.26 Å². The van der Waals surface area contributed by atoms with Crippen LogP contribution in [0.25, 0.3) is 0 Å². The minimum atomic E-state index is -2.96. The standard InChI is InChI=1S/C15H32N4O3S/c1-6-16-15(18-13(4)10-12-23(5,21)22)17-11-9-14(20)19(7-2)8-3/h13H,6-12H2,1-5H3,(H2,16,17,18). The maximum absolute atomic E-state index is 11.9. The fraction of sp³-hybridized carbons (Fsp3) is 0.867. The topological polar surface area (TPSA) is 90.9 Å². The molecule has 0 rings (SSSR count). The molecule has 7 nitrogen and oxygen atoms in total. The molecular formula is C15H32N4O3S. The van der Waals surface area contributed by atoms with Gasteiger partial charge in [-0.25, -0.2) is 8.42 Å². The number of carbonyl (C=O) groups is 1. The highest BCUT2D eigenvalue weighted by Crippen LogP contribution is 1.97. The Morgan fingerprint density at radius 3 is 2.30 bits per heavy atom. The third-order valence-corrected chi connectivity index (χ3v) is 4.34. The van der Waals surface area contributed by atoms with Crippen molar-refractivity contribution in [3.8, 4) is 0 Å². The first-order chi connectivity index (χ1) is 10.7. The van der Waals surface area contributed by atoms with Gasteiger partial charge in [-0.2, -0.15) is 0 Å². The SMILES string of the molecule is CCNC(=NCCC(=O)N(CC)CC)NC(C)CCS(C)(=O)=O. The van der Waals surface area contributed by atoms with Crippen LogP contribution in [-0.4, -0.2) is 69.4 Å². The van der Waals surface area contributed by atoms with E-state index in [9.17, 15) is 13.2 Å². The van der Waals surface area contributed by atoms with Crippen molar-refractivity contribution >= 4 is 21.7 Å².